The fourth-order valence-corrected chi connectivity index (χ4v) is 2.33. The molecule has 1 N–H and O–H groups in total. The first-order valence-corrected chi connectivity index (χ1v) is 6.97. The second kappa shape index (κ2) is 6.40. The van der Waals surface area contributed by atoms with Gasteiger partial charge in [0.15, 0.2) is 0 Å². The van der Waals surface area contributed by atoms with Crippen LogP contribution in [-0.2, 0) is 6.42 Å². The van der Waals surface area contributed by atoms with E-state index in [1.807, 2.05) is 18.2 Å². The Kier molecular flexibility index (Phi) is 4.59. The molecule has 2 nitrogen and oxygen atoms in total. The third kappa shape index (κ3) is 3.84. The molecule has 2 aromatic carbocycles. The summed E-state index contributed by atoms with van der Waals surface area (Å²) < 4.78 is 0.924. The summed E-state index contributed by atoms with van der Waals surface area (Å²) in [6, 6.07) is 16.4. The predicted octanol–water partition coefficient (Wildman–Crippen LogP) is 4.28. The fourth-order valence-electron chi connectivity index (χ4n) is 1.97. The van der Waals surface area contributed by atoms with Crippen LogP contribution < -0.4 is 5.32 Å². The zero-order chi connectivity index (χ0) is 13.7. The predicted molar refractivity (Wildman–Crippen MR) is 82.2 cm³/mol. The Hall–Kier alpha value is -1.79. The molecule has 0 aromatic heterocycles. The topological polar surface area (TPSA) is 35.8 Å². The van der Waals surface area contributed by atoms with Gasteiger partial charge in [-0.05, 0) is 37.1 Å². The number of hydrogen-bond donors (Lipinski definition) is 1. The van der Waals surface area contributed by atoms with Crippen molar-refractivity contribution in [1.29, 1.82) is 5.26 Å². The summed E-state index contributed by atoms with van der Waals surface area (Å²) in [4.78, 5) is 0. The van der Waals surface area contributed by atoms with Gasteiger partial charge in [0.25, 0.3) is 0 Å². The molecule has 0 spiro atoms. The highest BCUT2D eigenvalue weighted by atomic mass is 79.9. The van der Waals surface area contributed by atoms with Gasteiger partial charge in [0.2, 0.25) is 0 Å². The quantitative estimate of drug-likeness (QED) is 0.914. The third-order valence-electron chi connectivity index (χ3n) is 2.91. The average Bonchev–Trinajstić information content (AvgIpc) is 2.40. The van der Waals surface area contributed by atoms with Crippen molar-refractivity contribution in [3.63, 3.8) is 0 Å². The summed E-state index contributed by atoms with van der Waals surface area (Å²) in [5.74, 6) is 0. The molecular weight excluding hydrogens is 300 g/mol. The van der Waals surface area contributed by atoms with E-state index in [4.69, 9.17) is 5.26 Å². The minimum atomic E-state index is 0.665. The lowest BCUT2D eigenvalue weighted by Gasteiger charge is -2.09. The monoisotopic (exact) mass is 314 g/mol. The van der Waals surface area contributed by atoms with Crippen LogP contribution in [0.25, 0.3) is 0 Å². The molecular formula is C16H15BrN2. The molecule has 19 heavy (non-hydrogen) atoms. The minimum absolute atomic E-state index is 0.665. The number of nitrogens with zero attached hydrogens (tertiary/aromatic N) is 1. The largest absolute Gasteiger partial charge is 0.384 e. The summed E-state index contributed by atoms with van der Waals surface area (Å²) in [6.45, 7) is 2.92. The summed E-state index contributed by atoms with van der Waals surface area (Å²) in [5, 5.41) is 12.4. The van der Waals surface area contributed by atoms with Crippen LogP contribution >= 0.6 is 15.9 Å². The first-order chi connectivity index (χ1) is 9.19. The highest BCUT2D eigenvalue weighted by Gasteiger charge is 2.02. The van der Waals surface area contributed by atoms with Gasteiger partial charge >= 0.3 is 0 Å². The highest BCUT2D eigenvalue weighted by Crippen LogP contribution is 2.20. The van der Waals surface area contributed by atoms with Crippen LogP contribution in [0.4, 0.5) is 5.69 Å². The van der Waals surface area contributed by atoms with E-state index < -0.39 is 0 Å². The summed E-state index contributed by atoms with van der Waals surface area (Å²) >= 11 is 3.37. The molecule has 2 aromatic rings. The normalized spacial score (nSPS) is 9.95. The molecule has 0 aliphatic rings. The number of aryl methyl sites for hydroxylation is 1. The number of nitrogens with one attached hydrogen (secondary N) is 1. The average molecular weight is 315 g/mol. The van der Waals surface area contributed by atoms with Crippen molar-refractivity contribution < 1.29 is 0 Å². The van der Waals surface area contributed by atoms with E-state index in [1.54, 1.807) is 0 Å². The number of nitriles is 1. The van der Waals surface area contributed by atoms with Crippen molar-refractivity contribution >= 4 is 21.6 Å². The summed E-state index contributed by atoms with van der Waals surface area (Å²) in [7, 11) is 0. The summed E-state index contributed by atoms with van der Waals surface area (Å²) in [5.41, 5.74) is 4.14. The Bertz CT molecular complexity index is 614. The smallest absolute Gasteiger partial charge is 0.101 e. The molecule has 0 unspecified atom stereocenters. The van der Waals surface area contributed by atoms with Gasteiger partial charge in [-0.1, -0.05) is 45.8 Å². The van der Waals surface area contributed by atoms with E-state index in [0.29, 0.717) is 5.56 Å². The number of benzene rings is 2. The van der Waals surface area contributed by atoms with Crippen molar-refractivity contribution in [3.05, 3.63) is 63.6 Å². The van der Waals surface area contributed by atoms with Crippen LogP contribution in [-0.4, -0.2) is 6.54 Å². The second-order valence-electron chi connectivity index (χ2n) is 4.47. The Morgan fingerprint density at radius 1 is 1.21 bits per heavy atom. The Labute approximate surface area is 122 Å². The molecule has 3 heteroatoms. The first-order valence-electron chi connectivity index (χ1n) is 6.18. The maximum absolute atomic E-state index is 9.08. The van der Waals surface area contributed by atoms with Crippen molar-refractivity contribution in [2.75, 3.05) is 11.9 Å². The van der Waals surface area contributed by atoms with Gasteiger partial charge in [-0.3, -0.25) is 0 Å². The second-order valence-corrected chi connectivity index (χ2v) is 5.38. The van der Waals surface area contributed by atoms with Crippen molar-refractivity contribution in [2.24, 2.45) is 0 Å². The zero-order valence-corrected chi connectivity index (χ0v) is 12.4. The van der Waals surface area contributed by atoms with Crippen LogP contribution in [0.2, 0.25) is 0 Å². The van der Waals surface area contributed by atoms with E-state index in [-0.39, 0.29) is 0 Å². The molecule has 0 heterocycles. The van der Waals surface area contributed by atoms with Gasteiger partial charge in [0.1, 0.15) is 6.07 Å². The standard InChI is InChI=1S/C16H15BrN2/c1-12-3-2-4-13(9-12)7-8-19-16-6-5-15(17)10-14(16)11-18/h2-6,9-10,19H,7-8H2,1H3. The van der Waals surface area contributed by atoms with Crippen molar-refractivity contribution in [2.45, 2.75) is 13.3 Å². The molecule has 0 amide bonds. The van der Waals surface area contributed by atoms with E-state index >= 15 is 0 Å². The molecule has 0 atom stereocenters. The molecule has 0 aliphatic heterocycles. The van der Waals surface area contributed by atoms with Crippen LogP contribution in [0.3, 0.4) is 0 Å². The summed E-state index contributed by atoms with van der Waals surface area (Å²) in [6.07, 6.45) is 0.947. The maximum atomic E-state index is 9.08. The Morgan fingerprint density at radius 3 is 2.79 bits per heavy atom. The van der Waals surface area contributed by atoms with Crippen LogP contribution in [0, 0.1) is 18.3 Å². The number of rotatable bonds is 4. The SMILES string of the molecule is Cc1cccc(CCNc2ccc(Br)cc2C#N)c1. The molecule has 0 fully saturated rings. The van der Waals surface area contributed by atoms with Gasteiger partial charge < -0.3 is 5.32 Å². The molecule has 0 bridgehead atoms. The van der Waals surface area contributed by atoms with E-state index in [0.717, 1.165) is 23.1 Å². The highest BCUT2D eigenvalue weighted by molar-refractivity contribution is 9.10. The van der Waals surface area contributed by atoms with E-state index in [9.17, 15) is 0 Å². The van der Waals surface area contributed by atoms with Crippen LogP contribution in [0.5, 0.6) is 0 Å². The lowest BCUT2D eigenvalue weighted by molar-refractivity contribution is 1.02. The van der Waals surface area contributed by atoms with E-state index in [2.05, 4.69) is 58.5 Å². The van der Waals surface area contributed by atoms with E-state index in [1.165, 1.54) is 11.1 Å². The molecule has 2 rings (SSSR count). The molecule has 0 saturated heterocycles. The van der Waals surface area contributed by atoms with Gasteiger partial charge in [0, 0.05) is 11.0 Å². The van der Waals surface area contributed by atoms with Gasteiger partial charge in [0.05, 0.1) is 11.3 Å². The third-order valence-corrected chi connectivity index (χ3v) is 3.41. The van der Waals surface area contributed by atoms with Crippen molar-refractivity contribution in [3.8, 4) is 6.07 Å². The first kappa shape index (κ1) is 13.6. The maximum Gasteiger partial charge on any atom is 0.101 e. The van der Waals surface area contributed by atoms with Crippen LogP contribution in [0.15, 0.2) is 46.9 Å². The van der Waals surface area contributed by atoms with Gasteiger partial charge in [-0.2, -0.15) is 5.26 Å². The Morgan fingerprint density at radius 2 is 2.05 bits per heavy atom. The van der Waals surface area contributed by atoms with Gasteiger partial charge in [-0.25, -0.2) is 0 Å². The number of halogens is 1. The lowest BCUT2D eigenvalue weighted by atomic mass is 10.1. The van der Waals surface area contributed by atoms with Gasteiger partial charge in [-0.15, -0.1) is 0 Å². The molecule has 0 aliphatic carbocycles. The molecule has 96 valence electrons. The molecule has 0 saturated carbocycles. The molecule has 0 radical (unpaired) electrons. The minimum Gasteiger partial charge on any atom is -0.384 e. The zero-order valence-electron chi connectivity index (χ0n) is 10.8. The Balaban J connectivity index is 1.98. The lowest BCUT2D eigenvalue weighted by Crippen LogP contribution is -2.06. The van der Waals surface area contributed by atoms with Crippen molar-refractivity contribution in [1.82, 2.24) is 0 Å². The van der Waals surface area contributed by atoms with Crippen LogP contribution in [0.1, 0.15) is 16.7 Å². The number of hydrogen-bond acceptors (Lipinski definition) is 2. The fraction of sp³-hybridized carbons (Fsp3) is 0.188. The number of anilines is 1.